The molecule has 3 heteroatoms. The molecule has 0 N–H and O–H groups in total. The molecule has 0 heterocycles. The summed E-state index contributed by atoms with van der Waals surface area (Å²) in [5, 5.41) is 2.20. The summed E-state index contributed by atoms with van der Waals surface area (Å²) >= 11 is 3.46. The topological polar surface area (TPSA) is 17.1 Å². The lowest BCUT2D eigenvalue weighted by molar-refractivity contribution is 0.687. The van der Waals surface area contributed by atoms with Crippen LogP contribution in [0.4, 0.5) is 0 Å². The van der Waals surface area contributed by atoms with E-state index in [1.807, 2.05) is 30.3 Å². The first kappa shape index (κ1) is 13.5. The van der Waals surface area contributed by atoms with Crippen molar-refractivity contribution in [1.29, 1.82) is 0 Å². The van der Waals surface area contributed by atoms with Crippen molar-refractivity contribution in [2.45, 2.75) is 4.90 Å². The zero-order valence-corrected chi connectivity index (χ0v) is 13.4. The Labute approximate surface area is 129 Å². The fraction of sp³-hybridized carbons (Fsp3) is 0.0588. The largest absolute Gasteiger partial charge is 0.255 e. The quantitative estimate of drug-likeness (QED) is 0.638. The average Bonchev–Trinajstić information content (AvgIpc) is 2.47. The van der Waals surface area contributed by atoms with Gasteiger partial charge in [-0.1, -0.05) is 58.4 Å². The third-order valence-corrected chi connectivity index (χ3v) is 4.82. The van der Waals surface area contributed by atoms with Gasteiger partial charge in [0.1, 0.15) is 0 Å². The number of benzene rings is 3. The molecule has 0 amide bonds. The van der Waals surface area contributed by atoms with Crippen LogP contribution in [-0.2, 0) is 10.8 Å². The van der Waals surface area contributed by atoms with Crippen molar-refractivity contribution in [3.8, 4) is 11.1 Å². The summed E-state index contributed by atoms with van der Waals surface area (Å²) in [6.45, 7) is 0. The molecule has 0 aliphatic carbocycles. The van der Waals surface area contributed by atoms with Crippen LogP contribution >= 0.6 is 15.9 Å². The first-order chi connectivity index (χ1) is 9.66. The predicted octanol–water partition coefficient (Wildman–Crippen LogP) is 5.01. The first-order valence-electron chi connectivity index (χ1n) is 6.28. The Balaban J connectivity index is 2.35. The van der Waals surface area contributed by atoms with E-state index < -0.39 is 10.8 Å². The van der Waals surface area contributed by atoms with Gasteiger partial charge in [-0.05, 0) is 34.7 Å². The van der Waals surface area contributed by atoms with Crippen LogP contribution in [0.5, 0.6) is 0 Å². The number of hydrogen-bond donors (Lipinski definition) is 0. The molecule has 3 aromatic carbocycles. The fourth-order valence-corrected chi connectivity index (χ4v) is 3.47. The lowest BCUT2D eigenvalue weighted by atomic mass is 9.98. The van der Waals surface area contributed by atoms with E-state index in [0.29, 0.717) is 0 Å². The van der Waals surface area contributed by atoms with E-state index in [-0.39, 0.29) is 0 Å². The molecular weight excluding hydrogens is 332 g/mol. The number of fused-ring (bicyclic) bond motifs is 1. The Hall–Kier alpha value is -1.45. The van der Waals surface area contributed by atoms with Gasteiger partial charge in [0, 0.05) is 21.0 Å². The zero-order chi connectivity index (χ0) is 14.1. The van der Waals surface area contributed by atoms with Gasteiger partial charge in [0.25, 0.3) is 0 Å². The van der Waals surface area contributed by atoms with Crippen LogP contribution in [0, 0.1) is 0 Å². The predicted molar refractivity (Wildman–Crippen MR) is 89.4 cm³/mol. The van der Waals surface area contributed by atoms with Gasteiger partial charge in [-0.25, -0.2) is 0 Å². The highest BCUT2D eigenvalue weighted by Gasteiger charge is 2.10. The number of rotatable bonds is 2. The van der Waals surface area contributed by atoms with E-state index >= 15 is 0 Å². The Morgan fingerprint density at radius 2 is 1.55 bits per heavy atom. The molecule has 0 aromatic heterocycles. The van der Waals surface area contributed by atoms with Gasteiger partial charge in [-0.15, -0.1) is 0 Å². The van der Waals surface area contributed by atoms with Crippen LogP contribution in [0.25, 0.3) is 21.9 Å². The maximum atomic E-state index is 12.0. The van der Waals surface area contributed by atoms with E-state index in [2.05, 4.69) is 46.3 Å². The molecule has 0 aliphatic heterocycles. The third kappa shape index (κ3) is 2.43. The zero-order valence-electron chi connectivity index (χ0n) is 11.0. The molecule has 0 saturated carbocycles. The van der Waals surface area contributed by atoms with Crippen LogP contribution < -0.4 is 0 Å². The second-order valence-electron chi connectivity index (χ2n) is 4.62. The summed E-state index contributed by atoms with van der Waals surface area (Å²) in [7, 11) is -1.00. The van der Waals surface area contributed by atoms with E-state index in [1.165, 1.54) is 0 Å². The maximum absolute atomic E-state index is 12.0. The molecule has 20 heavy (non-hydrogen) atoms. The Kier molecular flexibility index (Phi) is 3.72. The molecule has 100 valence electrons. The smallest absolute Gasteiger partial charge is 0.0504 e. The molecule has 1 nitrogen and oxygen atoms in total. The van der Waals surface area contributed by atoms with Crippen LogP contribution in [0.2, 0.25) is 0 Å². The van der Waals surface area contributed by atoms with Crippen molar-refractivity contribution < 1.29 is 4.21 Å². The molecule has 0 bridgehead atoms. The lowest BCUT2D eigenvalue weighted by Gasteiger charge is -2.10. The van der Waals surface area contributed by atoms with Crippen LogP contribution in [-0.4, -0.2) is 10.5 Å². The molecular formula is C17H13BrOS. The molecule has 0 aliphatic rings. The van der Waals surface area contributed by atoms with Crippen molar-refractivity contribution >= 4 is 37.5 Å². The number of halogens is 1. The van der Waals surface area contributed by atoms with Crippen molar-refractivity contribution in [1.82, 2.24) is 0 Å². The summed E-state index contributed by atoms with van der Waals surface area (Å²) in [5.41, 5.74) is 2.26. The molecule has 1 unspecified atom stereocenters. The summed E-state index contributed by atoms with van der Waals surface area (Å²) in [6.07, 6.45) is 1.73. The van der Waals surface area contributed by atoms with Crippen molar-refractivity contribution in [2.75, 3.05) is 6.26 Å². The Morgan fingerprint density at radius 1 is 0.900 bits per heavy atom. The molecule has 1 atom stereocenters. The van der Waals surface area contributed by atoms with Crippen molar-refractivity contribution in [3.05, 3.63) is 65.1 Å². The standard InChI is InChI=1S/C17H13BrOS/c1-20(19)16-7-3-5-13-4-2-6-15(17(13)16)12-8-10-14(18)11-9-12/h2-11H,1H3. The van der Waals surface area contributed by atoms with Crippen molar-refractivity contribution in [3.63, 3.8) is 0 Å². The molecule has 3 rings (SSSR count). The Bertz CT molecular complexity index is 788. The second-order valence-corrected chi connectivity index (χ2v) is 6.88. The van der Waals surface area contributed by atoms with Gasteiger partial charge in [0.2, 0.25) is 0 Å². The summed E-state index contributed by atoms with van der Waals surface area (Å²) in [6, 6.07) is 20.4. The summed E-state index contributed by atoms with van der Waals surface area (Å²) < 4.78 is 13.1. The Morgan fingerprint density at radius 3 is 2.20 bits per heavy atom. The van der Waals surface area contributed by atoms with Gasteiger partial charge >= 0.3 is 0 Å². The minimum Gasteiger partial charge on any atom is -0.255 e. The van der Waals surface area contributed by atoms with Crippen LogP contribution in [0.1, 0.15) is 0 Å². The third-order valence-electron chi connectivity index (χ3n) is 3.33. The van der Waals surface area contributed by atoms with Crippen LogP contribution in [0.3, 0.4) is 0 Å². The van der Waals surface area contributed by atoms with Crippen LogP contribution in [0.15, 0.2) is 70.0 Å². The van der Waals surface area contributed by atoms with E-state index in [0.717, 1.165) is 31.3 Å². The minimum atomic E-state index is -1.00. The van der Waals surface area contributed by atoms with Gasteiger partial charge in [-0.2, -0.15) is 0 Å². The molecule has 0 radical (unpaired) electrons. The van der Waals surface area contributed by atoms with Gasteiger partial charge < -0.3 is 0 Å². The van der Waals surface area contributed by atoms with E-state index in [4.69, 9.17) is 0 Å². The fourth-order valence-electron chi connectivity index (χ4n) is 2.42. The highest BCUT2D eigenvalue weighted by atomic mass is 79.9. The molecule has 0 saturated heterocycles. The minimum absolute atomic E-state index is 0.890. The highest BCUT2D eigenvalue weighted by molar-refractivity contribution is 9.10. The first-order valence-corrected chi connectivity index (χ1v) is 8.63. The van der Waals surface area contributed by atoms with Crippen molar-refractivity contribution in [2.24, 2.45) is 0 Å². The monoisotopic (exact) mass is 344 g/mol. The van der Waals surface area contributed by atoms with E-state index in [1.54, 1.807) is 6.26 Å². The second kappa shape index (κ2) is 5.51. The van der Waals surface area contributed by atoms with Gasteiger partial charge in [0.15, 0.2) is 0 Å². The normalized spacial score (nSPS) is 12.5. The average molecular weight is 345 g/mol. The van der Waals surface area contributed by atoms with E-state index in [9.17, 15) is 4.21 Å². The number of hydrogen-bond acceptors (Lipinski definition) is 1. The summed E-state index contributed by atoms with van der Waals surface area (Å²) in [4.78, 5) is 0.890. The highest BCUT2D eigenvalue weighted by Crippen LogP contribution is 2.33. The lowest BCUT2D eigenvalue weighted by Crippen LogP contribution is -1.91. The molecule has 0 spiro atoms. The molecule has 0 fully saturated rings. The SMILES string of the molecule is CS(=O)c1cccc2cccc(-c3ccc(Br)cc3)c12. The summed E-state index contributed by atoms with van der Waals surface area (Å²) in [5.74, 6) is 0. The van der Waals surface area contributed by atoms with Gasteiger partial charge in [-0.3, -0.25) is 4.21 Å². The van der Waals surface area contributed by atoms with Gasteiger partial charge in [0.05, 0.1) is 10.8 Å². The maximum Gasteiger partial charge on any atom is 0.0504 e. The molecule has 3 aromatic rings.